The van der Waals surface area contributed by atoms with E-state index in [0.717, 1.165) is 43.3 Å². The second kappa shape index (κ2) is 8.47. The van der Waals surface area contributed by atoms with Gasteiger partial charge in [0, 0.05) is 51.2 Å². The summed E-state index contributed by atoms with van der Waals surface area (Å²) in [6, 6.07) is 6.51. The van der Waals surface area contributed by atoms with Gasteiger partial charge in [-0.25, -0.2) is 9.97 Å². The van der Waals surface area contributed by atoms with E-state index in [2.05, 4.69) is 54.2 Å². The van der Waals surface area contributed by atoms with E-state index in [1.807, 2.05) is 38.0 Å². The molecule has 4 rings (SSSR count). The summed E-state index contributed by atoms with van der Waals surface area (Å²) >= 11 is 6.45. The van der Waals surface area contributed by atoms with Crippen LogP contribution < -0.4 is 15.1 Å². The summed E-state index contributed by atoms with van der Waals surface area (Å²) in [5.41, 5.74) is 2.23. The third-order valence-corrected chi connectivity index (χ3v) is 5.91. The molecule has 9 heteroatoms. The molecular formula is C21H27ClN8. The molecule has 0 aromatic carbocycles. The van der Waals surface area contributed by atoms with Crippen molar-refractivity contribution in [2.45, 2.75) is 32.7 Å². The van der Waals surface area contributed by atoms with Crippen LogP contribution in [0.4, 0.5) is 23.4 Å². The Kier molecular flexibility index (Phi) is 5.76. The summed E-state index contributed by atoms with van der Waals surface area (Å²) in [4.78, 5) is 18.0. The third kappa shape index (κ3) is 4.33. The van der Waals surface area contributed by atoms with Gasteiger partial charge in [-0.3, -0.25) is 4.68 Å². The van der Waals surface area contributed by atoms with Gasteiger partial charge in [-0.15, -0.1) is 0 Å². The average Bonchev–Trinajstić information content (AvgIpc) is 3.06. The van der Waals surface area contributed by atoms with Crippen molar-refractivity contribution in [3.8, 4) is 0 Å². The van der Waals surface area contributed by atoms with E-state index in [0.29, 0.717) is 22.8 Å². The standard InChI is InChI=1S/C21H27ClN8/c1-14-5-6-19(23-12-14)30-9-7-16(8-10-30)28(3)20-17(22)13-24-21(26-20)25-18-11-15(2)29(4)27-18/h5-6,11-13,16H,7-10H2,1-4H3,(H,24,25,26,27). The Morgan fingerprint density at radius 3 is 2.53 bits per heavy atom. The zero-order valence-electron chi connectivity index (χ0n) is 17.8. The summed E-state index contributed by atoms with van der Waals surface area (Å²) in [5.74, 6) is 2.97. The maximum absolute atomic E-state index is 6.45. The van der Waals surface area contributed by atoms with E-state index in [1.165, 1.54) is 5.56 Å². The highest BCUT2D eigenvalue weighted by Gasteiger charge is 2.25. The van der Waals surface area contributed by atoms with Crippen LogP contribution >= 0.6 is 11.6 Å². The molecule has 30 heavy (non-hydrogen) atoms. The van der Waals surface area contributed by atoms with Gasteiger partial charge in [-0.1, -0.05) is 17.7 Å². The van der Waals surface area contributed by atoms with Crippen molar-refractivity contribution >= 4 is 35.0 Å². The van der Waals surface area contributed by atoms with Crippen LogP contribution in [-0.4, -0.2) is 50.9 Å². The molecule has 0 aliphatic carbocycles. The molecule has 1 N–H and O–H groups in total. The SMILES string of the molecule is Cc1ccc(N2CCC(N(C)c3nc(Nc4cc(C)n(C)n4)ncc3Cl)CC2)nc1. The lowest BCUT2D eigenvalue weighted by molar-refractivity contribution is 0.478. The number of nitrogens with zero attached hydrogens (tertiary/aromatic N) is 7. The molecule has 0 bridgehead atoms. The highest BCUT2D eigenvalue weighted by atomic mass is 35.5. The summed E-state index contributed by atoms with van der Waals surface area (Å²) in [5, 5.41) is 8.11. The van der Waals surface area contributed by atoms with E-state index in [1.54, 1.807) is 6.20 Å². The lowest BCUT2D eigenvalue weighted by Crippen LogP contribution is -2.44. The quantitative estimate of drug-likeness (QED) is 0.666. The molecule has 0 amide bonds. The van der Waals surface area contributed by atoms with E-state index < -0.39 is 0 Å². The van der Waals surface area contributed by atoms with Crippen LogP contribution in [0, 0.1) is 13.8 Å². The molecule has 0 atom stereocenters. The first kappa shape index (κ1) is 20.4. The van der Waals surface area contributed by atoms with E-state index in [-0.39, 0.29) is 0 Å². The highest BCUT2D eigenvalue weighted by Crippen LogP contribution is 2.29. The number of pyridine rings is 1. The number of rotatable bonds is 5. The fourth-order valence-corrected chi connectivity index (χ4v) is 3.93. The number of piperidine rings is 1. The first-order valence-electron chi connectivity index (χ1n) is 10.1. The fraction of sp³-hybridized carbons (Fsp3) is 0.429. The van der Waals surface area contributed by atoms with Crippen molar-refractivity contribution in [3.63, 3.8) is 0 Å². The van der Waals surface area contributed by atoms with Crippen molar-refractivity contribution in [3.05, 3.63) is 46.9 Å². The highest BCUT2D eigenvalue weighted by molar-refractivity contribution is 6.32. The Bertz CT molecular complexity index is 989. The van der Waals surface area contributed by atoms with E-state index >= 15 is 0 Å². The first-order valence-corrected chi connectivity index (χ1v) is 10.5. The van der Waals surface area contributed by atoms with Crippen molar-refractivity contribution < 1.29 is 0 Å². The van der Waals surface area contributed by atoms with Crippen LogP contribution in [-0.2, 0) is 7.05 Å². The lowest BCUT2D eigenvalue weighted by atomic mass is 10.0. The van der Waals surface area contributed by atoms with Gasteiger partial charge in [-0.2, -0.15) is 10.1 Å². The zero-order chi connectivity index (χ0) is 21.3. The van der Waals surface area contributed by atoms with Gasteiger partial charge in [0.2, 0.25) is 5.95 Å². The van der Waals surface area contributed by atoms with Gasteiger partial charge in [0.15, 0.2) is 11.6 Å². The van der Waals surface area contributed by atoms with Crippen molar-refractivity contribution in [2.75, 3.05) is 35.3 Å². The Morgan fingerprint density at radius 1 is 1.13 bits per heavy atom. The van der Waals surface area contributed by atoms with Crippen LogP contribution in [0.5, 0.6) is 0 Å². The number of nitrogens with one attached hydrogen (secondary N) is 1. The Labute approximate surface area is 181 Å². The minimum absolute atomic E-state index is 0.351. The molecule has 3 aromatic heterocycles. The molecule has 0 unspecified atom stereocenters. The maximum atomic E-state index is 6.45. The molecule has 1 saturated heterocycles. The number of hydrogen-bond acceptors (Lipinski definition) is 7. The van der Waals surface area contributed by atoms with E-state index in [9.17, 15) is 0 Å². The molecule has 158 valence electrons. The molecule has 4 heterocycles. The minimum Gasteiger partial charge on any atom is -0.356 e. The Hall–Kier alpha value is -2.87. The smallest absolute Gasteiger partial charge is 0.230 e. The molecule has 0 saturated carbocycles. The topological polar surface area (TPSA) is 75.0 Å². The van der Waals surface area contributed by atoms with Crippen LogP contribution in [0.3, 0.4) is 0 Å². The van der Waals surface area contributed by atoms with Crippen LogP contribution in [0.25, 0.3) is 0 Å². The zero-order valence-corrected chi connectivity index (χ0v) is 18.6. The number of aryl methyl sites for hydroxylation is 3. The molecule has 0 spiro atoms. The molecule has 1 aliphatic rings. The summed E-state index contributed by atoms with van der Waals surface area (Å²) in [6.45, 7) is 5.96. The lowest BCUT2D eigenvalue weighted by Gasteiger charge is -2.38. The second-order valence-electron chi connectivity index (χ2n) is 7.81. The first-order chi connectivity index (χ1) is 14.4. The third-order valence-electron chi connectivity index (χ3n) is 5.65. The maximum Gasteiger partial charge on any atom is 0.230 e. The van der Waals surface area contributed by atoms with Crippen molar-refractivity contribution in [2.24, 2.45) is 7.05 Å². The predicted octanol–water partition coefficient (Wildman–Crippen LogP) is 3.72. The molecule has 1 fully saturated rings. The second-order valence-corrected chi connectivity index (χ2v) is 8.21. The number of anilines is 4. The molecule has 8 nitrogen and oxygen atoms in total. The summed E-state index contributed by atoms with van der Waals surface area (Å²) in [6.07, 6.45) is 5.58. The largest absolute Gasteiger partial charge is 0.356 e. The Morgan fingerprint density at radius 2 is 1.90 bits per heavy atom. The van der Waals surface area contributed by atoms with Crippen molar-refractivity contribution in [1.82, 2.24) is 24.7 Å². The molecule has 1 aliphatic heterocycles. The summed E-state index contributed by atoms with van der Waals surface area (Å²) < 4.78 is 1.81. The molecule has 0 radical (unpaired) electrons. The van der Waals surface area contributed by atoms with Crippen LogP contribution in [0.15, 0.2) is 30.6 Å². The Balaban J connectivity index is 1.44. The molecular weight excluding hydrogens is 400 g/mol. The van der Waals surface area contributed by atoms with Crippen molar-refractivity contribution in [1.29, 1.82) is 0 Å². The van der Waals surface area contributed by atoms with E-state index in [4.69, 9.17) is 11.6 Å². The number of aromatic nitrogens is 5. The monoisotopic (exact) mass is 426 g/mol. The van der Waals surface area contributed by atoms with Gasteiger partial charge in [0.1, 0.15) is 10.8 Å². The van der Waals surface area contributed by atoms with Crippen LogP contribution in [0.1, 0.15) is 24.1 Å². The van der Waals surface area contributed by atoms with Gasteiger partial charge in [0.05, 0.1) is 6.20 Å². The minimum atomic E-state index is 0.351. The van der Waals surface area contributed by atoms with Gasteiger partial charge in [-0.05, 0) is 38.3 Å². The number of hydrogen-bond donors (Lipinski definition) is 1. The van der Waals surface area contributed by atoms with Crippen LogP contribution in [0.2, 0.25) is 5.02 Å². The van der Waals surface area contributed by atoms with Gasteiger partial charge < -0.3 is 15.1 Å². The van der Waals surface area contributed by atoms with Gasteiger partial charge >= 0.3 is 0 Å². The van der Waals surface area contributed by atoms with Gasteiger partial charge in [0.25, 0.3) is 0 Å². The average molecular weight is 427 g/mol. The predicted molar refractivity (Wildman–Crippen MR) is 121 cm³/mol. The normalized spacial score (nSPS) is 14.8. The molecule has 3 aromatic rings. The summed E-state index contributed by atoms with van der Waals surface area (Å²) in [7, 11) is 3.95. The fourth-order valence-electron chi connectivity index (χ4n) is 3.70. The number of halogens is 1.